The van der Waals surface area contributed by atoms with E-state index in [1.165, 1.54) is 29.0 Å². The van der Waals surface area contributed by atoms with Gasteiger partial charge in [0.05, 0.1) is 12.7 Å². The molecule has 5 rings (SSSR count). The minimum absolute atomic E-state index is 0.0314. The van der Waals surface area contributed by atoms with E-state index >= 15 is 0 Å². The fraction of sp³-hybridized carbons (Fsp3) is 0.386. The lowest BCUT2D eigenvalue weighted by molar-refractivity contribution is 0.0600. The molecule has 0 heterocycles. The van der Waals surface area contributed by atoms with Crippen LogP contribution in [0.1, 0.15) is 116 Å². The molecule has 0 saturated carbocycles. The van der Waals surface area contributed by atoms with Crippen molar-refractivity contribution in [2.24, 2.45) is 0 Å². The molecule has 0 aromatic heterocycles. The number of hydrogen-bond donors (Lipinski definition) is 0. The van der Waals surface area contributed by atoms with Crippen LogP contribution in [-0.4, -0.2) is 13.1 Å². The van der Waals surface area contributed by atoms with Crippen LogP contribution in [0.2, 0.25) is 0 Å². The van der Waals surface area contributed by atoms with Crippen molar-refractivity contribution in [3.63, 3.8) is 0 Å². The molecule has 0 amide bonds. The molecule has 5 aromatic carbocycles. The lowest BCUT2D eigenvalue weighted by Crippen LogP contribution is -2.16. The molecule has 50 heavy (non-hydrogen) atoms. The summed E-state index contributed by atoms with van der Waals surface area (Å²) in [5, 5.41) is 4.49. The lowest BCUT2D eigenvalue weighted by Gasteiger charge is -2.28. The zero-order chi connectivity index (χ0) is 36.8. The SMILES string of the molecule is COC(=O)c1ccc(OP(Oc2cc3ccc(C(C)(C)C)cc3cc2C(C)(C)C)Oc2cc3ccc(C(C)(C)C)cc3cc2C(C)(C)C)cc1. The third-order valence-corrected chi connectivity index (χ3v) is 10.1. The summed E-state index contributed by atoms with van der Waals surface area (Å²) < 4.78 is 25.2. The van der Waals surface area contributed by atoms with Crippen molar-refractivity contribution in [1.29, 1.82) is 0 Å². The Bertz CT molecular complexity index is 1900. The van der Waals surface area contributed by atoms with E-state index in [1.54, 1.807) is 24.3 Å². The van der Waals surface area contributed by atoms with Gasteiger partial charge in [-0.15, -0.1) is 0 Å². The van der Waals surface area contributed by atoms with Gasteiger partial charge in [0.15, 0.2) is 0 Å². The van der Waals surface area contributed by atoms with E-state index in [0.29, 0.717) is 22.8 Å². The van der Waals surface area contributed by atoms with Crippen LogP contribution < -0.4 is 13.6 Å². The molecule has 0 bridgehead atoms. The first-order chi connectivity index (χ1) is 23.1. The second-order valence-corrected chi connectivity index (χ2v) is 18.3. The third kappa shape index (κ3) is 8.44. The van der Waals surface area contributed by atoms with Crippen LogP contribution in [-0.2, 0) is 26.4 Å². The number of fused-ring (bicyclic) bond motifs is 2. The van der Waals surface area contributed by atoms with E-state index in [9.17, 15) is 4.79 Å². The van der Waals surface area contributed by atoms with Gasteiger partial charge in [-0.05, 0) is 103 Å². The maximum Gasteiger partial charge on any atom is 0.530 e. The first-order valence-electron chi connectivity index (χ1n) is 17.3. The Morgan fingerprint density at radius 2 is 0.900 bits per heavy atom. The zero-order valence-corrected chi connectivity index (χ0v) is 33.0. The molecule has 0 N–H and O–H groups in total. The summed E-state index contributed by atoms with van der Waals surface area (Å²) in [5.41, 5.74) is 4.72. The third-order valence-electron chi connectivity index (χ3n) is 9.03. The van der Waals surface area contributed by atoms with Crippen LogP contribution in [0.3, 0.4) is 0 Å². The number of benzene rings is 5. The molecule has 0 aliphatic rings. The van der Waals surface area contributed by atoms with Gasteiger partial charge < -0.3 is 18.3 Å². The van der Waals surface area contributed by atoms with Crippen LogP contribution in [0.25, 0.3) is 21.5 Å². The summed E-state index contributed by atoms with van der Waals surface area (Å²) in [5.74, 6) is 1.52. The molecule has 6 heteroatoms. The lowest BCUT2D eigenvalue weighted by atomic mass is 9.83. The second kappa shape index (κ2) is 13.6. The minimum Gasteiger partial charge on any atom is -0.465 e. The maximum atomic E-state index is 12.1. The largest absolute Gasteiger partial charge is 0.530 e. The Kier molecular flexibility index (Phi) is 10.1. The van der Waals surface area contributed by atoms with Gasteiger partial charge in [-0.1, -0.05) is 119 Å². The molecule has 0 radical (unpaired) electrons. The summed E-state index contributed by atoms with van der Waals surface area (Å²) in [4.78, 5) is 12.1. The number of carbonyl (C=O) groups excluding carboxylic acids is 1. The Labute approximate surface area is 300 Å². The average Bonchev–Trinajstić information content (AvgIpc) is 3.01. The molecule has 5 nitrogen and oxygen atoms in total. The molecule has 0 aliphatic carbocycles. The normalized spacial score (nSPS) is 12.8. The number of hydrogen-bond acceptors (Lipinski definition) is 5. The smallest absolute Gasteiger partial charge is 0.465 e. The number of methoxy groups -OCH3 is 1. The first-order valence-corrected chi connectivity index (χ1v) is 18.4. The highest BCUT2D eigenvalue weighted by atomic mass is 31.2. The minimum atomic E-state index is -2.02. The molecular formula is C44H53O5P. The topological polar surface area (TPSA) is 54.0 Å². The molecule has 0 unspecified atom stereocenters. The number of ether oxygens (including phenoxy) is 1. The fourth-order valence-electron chi connectivity index (χ4n) is 5.88. The van der Waals surface area contributed by atoms with Crippen LogP contribution in [0.5, 0.6) is 17.2 Å². The second-order valence-electron chi connectivity index (χ2n) is 17.3. The Morgan fingerprint density at radius 3 is 1.26 bits per heavy atom. The molecule has 5 aromatic rings. The Balaban J connectivity index is 1.63. The predicted molar refractivity (Wildman–Crippen MR) is 209 cm³/mol. The van der Waals surface area contributed by atoms with E-state index in [4.69, 9.17) is 18.3 Å². The summed E-state index contributed by atoms with van der Waals surface area (Å²) in [6.45, 7) is 26.6. The van der Waals surface area contributed by atoms with Gasteiger partial charge >= 0.3 is 14.6 Å². The summed E-state index contributed by atoms with van der Waals surface area (Å²) in [7, 11) is -0.652. The van der Waals surface area contributed by atoms with Crippen molar-refractivity contribution in [2.75, 3.05) is 7.11 Å². The molecular weight excluding hydrogens is 639 g/mol. The van der Waals surface area contributed by atoms with E-state index < -0.39 is 14.6 Å². The van der Waals surface area contributed by atoms with E-state index in [2.05, 4.69) is 144 Å². The number of carbonyl (C=O) groups is 1. The van der Waals surface area contributed by atoms with Crippen molar-refractivity contribution in [2.45, 2.75) is 105 Å². The standard InChI is InChI=1S/C44H53O5P/c1-41(2,3)33-18-14-29-26-38(36(43(7,8)9)24-31(29)22-33)48-50(47-35-20-16-28(17-21-35)40(45)46-13)49-39-27-30-15-19-34(42(4,5)6)23-32(30)25-37(39)44(10,11)12/h14-27H,1-13H3. The monoisotopic (exact) mass is 692 g/mol. The van der Waals surface area contributed by atoms with Gasteiger partial charge in [-0.25, -0.2) is 4.79 Å². The van der Waals surface area contributed by atoms with Gasteiger partial charge in [0.25, 0.3) is 0 Å². The van der Waals surface area contributed by atoms with Crippen molar-refractivity contribution in [3.8, 4) is 17.2 Å². The highest BCUT2D eigenvalue weighted by molar-refractivity contribution is 7.43. The van der Waals surface area contributed by atoms with Gasteiger partial charge in [-0.3, -0.25) is 0 Å². The molecule has 0 saturated heterocycles. The molecule has 0 spiro atoms. The van der Waals surface area contributed by atoms with E-state index in [1.807, 2.05) is 0 Å². The van der Waals surface area contributed by atoms with Crippen molar-refractivity contribution in [1.82, 2.24) is 0 Å². The summed E-state index contributed by atoms with van der Waals surface area (Å²) >= 11 is 0. The molecule has 264 valence electrons. The van der Waals surface area contributed by atoms with E-state index in [0.717, 1.165) is 21.9 Å². The first kappa shape index (κ1) is 37.2. The zero-order valence-electron chi connectivity index (χ0n) is 32.1. The van der Waals surface area contributed by atoms with Crippen molar-refractivity contribution in [3.05, 3.63) is 113 Å². The molecule has 0 aliphatic heterocycles. The van der Waals surface area contributed by atoms with Crippen LogP contribution in [0, 0.1) is 0 Å². The van der Waals surface area contributed by atoms with Gasteiger partial charge in [0.1, 0.15) is 17.2 Å². The van der Waals surface area contributed by atoms with Crippen LogP contribution in [0.4, 0.5) is 0 Å². The molecule has 0 fully saturated rings. The van der Waals surface area contributed by atoms with E-state index in [-0.39, 0.29) is 21.7 Å². The van der Waals surface area contributed by atoms with Crippen LogP contribution in [0.15, 0.2) is 84.9 Å². The summed E-state index contributed by atoms with van der Waals surface area (Å²) in [6.07, 6.45) is 0. The van der Waals surface area contributed by atoms with Crippen molar-refractivity contribution < 1.29 is 23.1 Å². The Morgan fingerprint density at radius 1 is 0.480 bits per heavy atom. The quantitative estimate of drug-likeness (QED) is 0.126. The number of esters is 1. The fourth-order valence-corrected chi connectivity index (χ4v) is 6.91. The predicted octanol–water partition coefficient (Wildman–Crippen LogP) is 12.7. The Hall–Kier alpha value is -4.08. The highest BCUT2D eigenvalue weighted by Crippen LogP contribution is 2.49. The molecule has 0 atom stereocenters. The average molecular weight is 693 g/mol. The van der Waals surface area contributed by atoms with Gasteiger partial charge in [0, 0.05) is 11.1 Å². The van der Waals surface area contributed by atoms with Gasteiger partial charge in [-0.2, -0.15) is 0 Å². The highest BCUT2D eigenvalue weighted by Gasteiger charge is 2.30. The van der Waals surface area contributed by atoms with Gasteiger partial charge in [0.2, 0.25) is 0 Å². The van der Waals surface area contributed by atoms with Crippen molar-refractivity contribution >= 4 is 36.1 Å². The number of rotatable bonds is 7. The summed E-state index contributed by atoms with van der Waals surface area (Å²) in [6, 6.07) is 28.8. The maximum absolute atomic E-state index is 12.1. The van der Waals surface area contributed by atoms with Crippen LogP contribution >= 0.6 is 8.60 Å².